The lowest BCUT2D eigenvalue weighted by molar-refractivity contribution is -0.118. The van der Waals surface area contributed by atoms with Gasteiger partial charge in [0, 0.05) is 26.2 Å². The Labute approximate surface area is 168 Å². The topological polar surface area (TPSA) is 116 Å². The second-order valence-corrected chi connectivity index (χ2v) is 8.00. The average Bonchev–Trinajstić information content (AvgIpc) is 3.04. The number of aromatic nitrogens is 3. The van der Waals surface area contributed by atoms with E-state index in [2.05, 4.69) is 25.8 Å². The molecule has 0 radical (unpaired) electrons. The molecule has 10 heteroatoms. The molecule has 2 aliphatic rings. The number of nitrogens with zero attached hydrogens (tertiary/aromatic N) is 5. The Morgan fingerprint density at radius 2 is 2.03 bits per heavy atom. The van der Waals surface area contributed by atoms with Crippen molar-refractivity contribution in [1.82, 2.24) is 20.0 Å². The van der Waals surface area contributed by atoms with E-state index in [-0.39, 0.29) is 35.6 Å². The molecule has 0 spiro atoms. The zero-order valence-electron chi connectivity index (χ0n) is 17.2. The van der Waals surface area contributed by atoms with E-state index >= 15 is 0 Å². The van der Waals surface area contributed by atoms with Crippen LogP contribution in [0.25, 0.3) is 0 Å². The number of nitrogens with one attached hydrogen (secondary N) is 2. The van der Waals surface area contributed by atoms with Crippen molar-refractivity contribution in [3.05, 3.63) is 23.2 Å². The standard InChI is InChI=1S/C19H25N7O3/c1-9(2)15-17(27)22-14-11(4)20-19(23-16(14)25(15)5)21-12-7-26(8-12)18(28)13-6-10(3)24-29-13/h6,9,12,15H,7-8H2,1-5H3,(H,22,27)(H,20,21,23)/t15-/m0/s1. The Kier molecular flexibility index (Phi) is 4.64. The van der Waals surface area contributed by atoms with Crippen LogP contribution in [0.3, 0.4) is 0 Å². The van der Waals surface area contributed by atoms with Crippen LogP contribution in [-0.2, 0) is 4.79 Å². The molecule has 2 N–H and O–H groups in total. The van der Waals surface area contributed by atoms with E-state index in [9.17, 15) is 9.59 Å². The summed E-state index contributed by atoms with van der Waals surface area (Å²) in [7, 11) is 1.88. The third-order valence-corrected chi connectivity index (χ3v) is 5.31. The number of hydrogen-bond donors (Lipinski definition) is 2. The van der Waals surface area contributed by atoms with Gasteiger partial charge in [-0.3, -0.25) is 9.59 Å². The maximum atomic E-state index is 12.4. The van der Waals surface area contributed by atoms with Crippen molar-refractivity contribution in [3.8, 4) is 0 Å². The van der Waals surface area contributed by atoms with Gasteiger partial charge in [-0.15, -0.1) is 0 Å². The summed E-state index contributed by atoms with van der Waals surface area (Å²) in [6, 6.07) is 1.39. The van der Waals surface area contributed by atoms with E-state index < -0.39 is 0 Å². The van der Waals surface area contributed by atoms with Gasteiger partial charge in [0.15, 0.2) is 5.82 Å². The number of amides is 2. The number of carbonyl (C=O) groups excluding carboxylic acids is 2. The van der Waals surface area contributed by atoms with Crippen molar-refractivity contribution in [1.29, 1.82) is 0 Å². The molecule has 0 saturated carbocycles. The maximum Gasteiger partial charge on any atom is 0.292 e. The molecule has 2 amide bonds. The Morgan fingerprint density at radius 3 is 2.66 bits per heavy atom. The van der Waals surface area contributed by atoms with Crippen molar-refractivity contribution in [2.75, 3.05) is 35.7 Å². The van der Waals surface area contributed by atoms with Crippen LogP contribution in [0.1, 0.15) is 35.8 Å². The summed E-state index contributed by atoms with van der Waals surface area (Å²) in [6.07, 6.45) is 0. The minimum atomic E-state index is -0.285. The summed E-state index contributed by atoms with van der Waals surface area (Å²) in [5.41, 5.74) is 2.02. The van der Waals surface area contributed by atoms with Gasteiger partial charge in [0.25, 0.3) is 5.91 Å². The molecule has 2 aliphatic heterocycles. The smallest absolute Gasteiger partial charge is 0.292 e. The summed E-state index contributed by atoms with van der Waals surface area (Å²) in [4.78, 5) is 37.5. The second-order valence-electron chi connectivity index (χ2n) is 8.00. The van der Waals surface area contributed by atoms with Gasteiger partial charge in [-0.1, -0.05) is 19.0 Å². The highest BCUT2D eigenvalue weighted by molar-refractivity contribution is 6.03. The van der Waals surface area contributed by atoms with Gasteiger partial charge in [0.2, 0.25) is 17.6 Å². The number of aryl methyl sites for hydroxylation is 2. The number of likely N-dealkylation sites (N-methyl/N-ethyl adjacent to an activating group) is 1. The fourth-order valence-electron chi connectivity index (χ4n) is 3.82. The van der Waals surface area contributed by atoms with Crippen LogP contribution in [0.2, 0.25) is 0 Å². The van der Waals surface area contributed by atoms with Crippen LogP contribution in [0.15, 0.2) is 10.6 Å². The molecule has 0 unspecified atom stereocenters. The fraction of sp³-hybridized carbons (Fsp3) is 0.526. The molecule has 2 aromatic rings. The Hall–Kier alpha value is -3.17. The van der Waals surface area contributed by atoms with E-state index in [0.29, 0.717) is 41.9 Å². The van der Waals surface area contributed by atoms with Crippen LogP contribution in [-0.4, -0.2) is 64.1 Å². The molecule has 154 valence electrons. The van der Waals surface area contributed by atoms with Crippen molar-refractivity contribution >= 4 is 29.3 Å². The number of fused-ring (bicyclic) bond motifs is 1. The Bertz CT molecular complexity index is 965. The van der Waals surface area contributed by atoms with E-state index in [1.165, 1.54) is 0 Å². The van der Waals surface area contributed by atoms with Crippen LogP contribution in [0.4, 0.5) is 17.5 Å². The van der Waals surface area contributed by atoms with Gasteiger partial charge in [-0.05, 0) is 19.8 Å². The maximum absolute atomic E-state index is 12.4. The fourth-order valence-corrected chi connectivity index (χ4v) is 3.82. The SMILES string of the molecule is Cc1cc(C(=O)N2CC(Nc3nc(C)c4c(n3)N(C)[C@@H](C(C)C)C(=O)N4)C2)on1. The molecule has 2 aromatic heterocycles. The molecular weight excluding hydrogens is 374 g/mol. The van der Waals surface area contributed by atoms with Gasteiger partial charge in [0.05, 0.1) is 17.4 Å². The first kappa shape index (κ1) is 19.2. The first-order valence-corrected chi connectivity index (χ1v) is 9.66. The van der Waals surface area contributed by atoms with Gasteiger partial charge >= 0.3 is 0 Å². The minimum absolute atomic E-state index is 0.0433. The van der Waals surface area contributed by atoms with Crippen LogP contribution in [0.5, 0.6) is 0 Å². The zero-order chi connectivity index (χ0) is 20.9. The normalized spacial score (nSPS) is 19.1. The highest BCUT2D eigenvalue weighted by Crippen LogP contribution is 2.34. The van der Waals surface area contributed by atoms with Crippen molar-refractivity contribution in [2.45, 2.75) is 39.8 Å². The molecule has 1 saturated heterocycles. The highest BCUT2D eigenvalue weighted by atomic mass is 16.5. The lowest BCUT2D eigenvalue weighted by Crippen LogP contribution is -2.57. The monoisotopic (exact) mass is 399 g/mol. The summed E-state index contributed by atoms with van der Waals surface area (Å²) in [6.45, 7) is 8.70. The number of likely N-dealkylation sites (tertiary alicyclic amines) is 1. The molecule has 0 bridgehead atoms. The van der Waals surface area contributed by atoms with Crippen LogP contribution in [0, 0.1) is 19.8 Å². The highest BCUT2D eigenvalue weighted by Gasteiger charge is 2.37. The van der Waals surface area contributed by atoms with Gasteiger partial charge in [-0.25, -0.2) is 4.98 Å². The third kappa shape index (κ3) is 3.39. The van der Waals surface area contributed by atoms with Gasteiger partial charge < -0.3 is 25.0 Å². The average molecular weight is 399 g/mol. The van der Waals surface area contributed by atoms with E-state index in [1.807, 2.05) is 32.7 Å². The molecule has 0 aliphatic carbocycles. The first-order chi connectivity index (χ1) is 13.7. The van der Waals surface area contributed by atoms with Gasteiger partial charge in [0.1, 0.15) is 11.7 Å². The summed E-state index contributed by atoms with van der Waals surface area (Å²) < 4.78 is 5.04. The molecule has 29 heavy (non-hydrogen) atoms. The number of rotatable bonds is 4. The van der Waals surface area contributed by atoms with Crippen molar-refractivity contribution in [3.63, 3.8) is 0 Å². The predicted octanol–water partition coefficient (Wildman–Crippen LogP) is 1.43. The molecule has 0 aromatic carbocycles. The largest absolute Gasteiger partial charge is 0.351 e. The molecule has 4 heterocycles. The lowest BCUT2D eigenvalue weighted by atomic mass is 9.99. The van der Waals surface area contributed by atoms with Crippen molar-refractivity contribution < 1.29 is 14.1 Å². The minimum Gasteiger partial charge on any atom is -0.351 e. The number of anilines is 3. The van der Waals surface area contributed by atoms with Gasteiger partial charge in [-0.2, -0.15) is 4.98 Å². The zero-order valence-corrected chi connectivity index (χ0v) is 17.2. The molecule has 10 nitrogen and oxygen atoms in total. The Balaban J connectivity index is 1.45. The number of carbonyl (C=O) groups is 2. The number of hydrogen-bond acceptors (Lipinski definition) is 8. The predicted molar refractivity (Wildman–Crippen MR) is 107 cm³/mol. The van der Waals surface area contributed by atoms with E-state index in [1.54, 1.807) is 17.9 Å². The molecule has 1 fully saturated rings. The summed E-state index contributed by atoms with van der Waals surface area (Å²) in [5, 5.41) is 9.98. The molecular formula is C19H25N7O3. The second kappa shape index (κ2) is 7.02. The van der Waals surface area contributed by atoms with Crippen LogP contribution >= 0.6 is 0 Å². The quantitative estimate of drug-likeness (QED) is 0.793. The summed E-state index contributed by atoms with van der Waals surface area (Å²) in [5.74, 6) is 1.36. The van der Waals surface area contributed by atoms with Crippen molar-refractivity contribution in [2.24, 2.45) is 5.92 Å². The van der Waals surface area contributed by atoms with Crippen LogP contribution < -0.4 is 15.5 Å². The van der Waals surface area contributed by atoms with E-state index in [0.717, 1.165) is 0 Å². The third-order valence-electron chi connectivity index (χ3n) is 5.31. The summed E-state index contributed by atoms with van der Waals surface area (Å²) >= 11 is 0. The molecule has 4 rings (SSSR count). The lowest BCUT2D eigenvalue weighted by Gasteiger charge is -2.40. The van der Waals surface area contributed by atoms with E-state index in [4.69, 9.17) is 4.52 Å². The molecule has 1 atom stereocenters. The Morgan fingerprint density at radius 1 is 1.31 bits per heavy atom. The first-order valence-electron chi connectivity index (χ1n) is 9.66.